The molecule has 23 heavy (non-hydrogen) atoms. The third kappa shape index (κ3) is 8.87. The van der Waals surface area contributed by atoms with E-state index in [1.165, 1.54) is 9.78 Å². The minimum Gasteiger partial charge on any atom is -0.383 e. The summed E-state index contributed by atoms with van der Waals surface area (Å²) in [6, 6.07) is 4.10. The zero-order valence-electron chi connectivity index (χ0n) is 13.8. The Labute approximate surface area is 167 Å². The van der Waals surface area contributed by atoms with Crippen LogP contribution < -0.4 is 5.32 Å². The molecule has 0 aliphatic heterocycles. The van der Waals surface area contributed by atoms with E-state index in [4.69, 9.17) is 4.74 Å². The first-order valence-corrected chi connectivity index (χ1v) is 8.47. The fourth-order valence-corrected chi connectivity index (χ4v) is 3.14. The Morgan fingerprint density at radius 2 is 2.09 bits per heavy atom. The highest BCUT2D eigenvalue weighted by Gasteiger charge is 2.10. The van der Waals surface area contributed by atoms with Gasteiger partial charge in [0.15, 0.2) is 5.96 Å². The van der Waals surface area contributed by atoms with Crippen molar-refractivity contribution in [1.29, 1.82) is 0 Å². The summed E-state index contributed by atoms with van der Waals surface area (Å²) in [7, 11) is 7.05. The van der Waals surface area contributed by atoms with Crippen LogP contribution in [0.15, 0.2) is 20.9 Å². The number of rotatable bonds is 7. The quantitative estimate of drug-likeness (QED) is 0.260. The summed E-state index contributed by atoms with van der Waals surface area (Å²) in [5, 5.41) is 3.21. The molecule has 0 aliphatic rings. The number of thiophene rings is 1. The lowest BCUT2D eigenvalue weighted by atomic mass is 10.4. The maximum absolute atomic E-state index is 11.7. The Morgan fingerprint density at radius 3 is 2.61 bits per heavy atom. The third-order valence-electron chi connectivity index (χ3n) is 2.84. The van der Waals surface area contributed by atoms with E-state index in [9.17, 15) is 4.79 Å². The second kappa shape index (κ2) is 12.0. The molecule has 1 aromatic rings. The first-order valence-electron chi connectivity index (χ1n) is 6.86. The van der Waals surface area contributed by atoms with Gasteiger partial charge in [0, 0.05) is 39.7 Å². The highest BCUT2D eigenvalue weighted by Crippen LogP contribution is 2.22. The van der Waals surface area contributed by atoms with Gasteiger partial charge in [0.05, 0.1) is 16.9 Å². The number of halogens is 2. The predicted molar refractivity (Wildman–Crippen MR) is 110 cm³/mol. The molecule has 132 valence electrons. The summed E-state index contributed by atoms with van der Waals surface area (Å²) in [6.07, 6.45) is 0. The molecule has 0 saturated heterocycles. The van der Waals surface area contributed by atoms with Crippen LogP contribution in [0.2, 0.25) is 0 Å². The molecule has 0 aliphatic carbocycles. The molecule has 1 heterocycles. The molecule has 0 radical (unpaired) electrons. The standard InChI is InChI=1S/C14H23BrN4O2S.HI/c1-18(2)13(20)9-17-14(16-7-8-21-4)19(3)10-11-5-6-12(15)22-11;/h5-6H,7-10H2,1-4H3,(H,16,17);1H. The monoisotopic (exact) mass is 518 g/mol. The zero-order chi connectivity index (χ0) is 16.5. The van der Waals surface area contributed by atoms with Crippen LogP contribution in [0.5, 0.6) is 0 Å². The van der Waals surface area contributed by atoms with Gasteiger partial charge >= 0.3 is 0 Å². The van der Waals surface area contributed by atoms with Gasteiger partial charge < -0.3 is 19.9 Å². The summed E-state index contributed by atoms with van der Waals surface area (Å²) in [5.41, 5.74) is 0. The van der Waals surface area contributed by atoms with Gasteiger partial charge in [-0.1, -0.05) is 0 Å². The number of hydrogen-bond donors (Lipinski definition) is 1. The summed E-state index contributed by atoms with van der Waals surface area (Å²) >= 11 is 5.15. The molecule has 0 fully saturated rings. The summed E-state index contributed by atoms with van der Waals surface area (Å²) in [6.45, 7) is 2.08. The topological polar surface area (TPSA) is 57.2 Å². The number of likely N-dealkylation sites (N-methyl/N-ethyl adjacent to an activating group) is 1. The lowest BCUT2D eigenvalue weighted by molar-refractivity contribution is -0.127. The minimum atomic E-state index is -0.0293. The molecule has 1 aromatic heterocycles. The first kappa shape index (κ1) is 22.6. The van der Waals surface area contributed by atoms with E-state index in [0.717, 1.165) is 10.3 Å². The maximum Gasteiger partial charge on any atom is 0.243 e. The van der Waals surface area contributed by atoms with E-state index in [1.807, 2.05) is 18.0 Å². The Kier molecular flexibility index (Phi) is 11.8. The van der Waals surface area contributed by atoms with Gasteiger partial charge in [0.25, 0.3) is 0 Å². The van der Waals surface area contributed by atoms with E-state index in [2.05, 4.69) is 32.3 Å². The molecular weight excluding hydrogens is 495 g/mol. The van der Waals surface area contributed by atoms with Gasteiger partial charge in [0.1, 0.15) is 6.54 Å². The molecule has 0 saturated carbocycles. The van der Waals surface area contributed by atoms with Crippen molar-refractivity contribution < 1.29 is 9.53 Å². The lowest BCUT2D eigenvalue weighted by Crippen LogP contribution is -2.40. The van der Waals surface area contributed by atoms with Crippen molar-refractivity contribution in [1.82, 2.24) is 15.1 Å². The average molecular weight is 519 g/mol. The van der Waals surface area contributed by atoms with Gasteiger partial charge in [-0.15, -0.1) is 35.3 Å². The Bertz CT molecular complexity index is 511. The van der Waals surface area contributed by atoms with Crippen LogP contribution in [0.25, 0.3) is 0 Å². The SMILES string of the molecule is COCCNC(=NCC(=O)N(C)C)N(C)Cc1ccc(Br)s1.I. The van der Waals surface area contributed by atoms with Gasteiger partial charge in [-0.25, -0.2) is 4.99 Å². The molecule has 0 bridgehead atoms. The fraction of sp³-hybridized carbons (Fsp3) is 0.571. The van der Waals surface area contributed by atoms with E-state index < -0.39 is 0 Å². The number of carbonyl (C=O) groups is 1. The largest absolute Gasteiger partial charge is 0.383 e. The van der Waals surface area contributed by atoms with Crippen molar-refractivity contribution in [3.05, 3.63) is 20.8 Å². The van der Waals surface area contributed by atoms with Crippen LogP contribution in [0, 0.1) is 0 Å². The molecule has 0 unspecified atom stereocenters. The van der Waals surface area contributed by atoms with E-state index in [-0.39, 0.29) is 36.4 Å². The van der Waals surface area contributed by atoms with Gasteiger partial charge in [-0.2, -0.15) is 0 Å². The minimum absolute atomic E-state index is 0. The maximum atomic E-state index is 11.7. The van der Waals surface area contributed by atoms with Crippen LogP contribution in [0.1, 0.15) is 4.88 Å². The number of amides is 1. The average Bonchev–Trinajstić information content (AvgIpc) is 2.87. The van der Waals surface area contributed by atoms with Crippen LogP contribution in [0.3, 0.4) is 0 Å². The Hall–Kier alpha value is -0.390. The second-order valence-electron chi connectivity index (χ2n) is 4.91. The molecule has 6 nitrogen and oxygen atoms in total. The van der Waals surface area contributed by atoms with Crippen LogP contribution >= 0.6 is 51.2 Å². The number of hydrogen-bond acceptors (Lipinski definition) is 4. The molecule has 1 N–H and O–H groups in total. The summed E-state index contributed by atoms with van der Waals surface area (Å²) < 4.78 is 6.14. The number of ether oxygens (including phenoxy) is 1. The molecule has 1 amide bonds. The normalized spacial score (nSPS) is 10.9. The van der Waals surface area contributed by atoms with Crippen molar-refractivity contribution in [2.75, 3.05) is 47.9 Å². The number of methoxy groups -OCH3 is 1. The molecule has 0 aromatic carbocycles. The molecule has 0 atom stereocenters. The number of nitrogens with zero attached hydrogens (tertiary/aromatic N) is 3. The highest BCUT2D eigenvalue weighted by atomic mass is 127. The number of guanidine groups is 1. The predicted octanol–water partition coefficient (Wildman–Crippen LogP) is 2.24. The first-order chi connectivity index (χ1) is 10.4. The Balaban J connectivity index is 0.00000484. The summed E-state index contributed by atoms with van der Waals surface area (Å²) in [5.74, 6) is 0.662. The molecule has 1 rings (SSSR count). The second-order valence-corrected chi connectivity index (χ2v) is 7.46. The Morgan fingerprint density at radius 1 is 1.39 bits per heavy atom. The smallest absolute Gasteiger partial charge is 0.243 e. The van der Waals surface area contributed by atoms with Crippen LogP contribution in [-0.4, -0.2) is 69.6 Å². The van der Waals surface area contributed by atoms with E-state index >= 15 is 0 Å². The van der Waals surface area contributed by atoms with E-state index in [1.54, 1.807) is 32.5 Å². The molecule has 0 spiro atoms. The highest BCUT2D eigenvalue weighted by molar-refractivity contribution is 14.0. The molecular formula is C14H24BrIN4O2S. The fourth-order valence-electron chi connectivity index (χ4n) is 1.61. The summed E-state index contributed by atoms with van der Waals surface area (Å²) in [4.78, 5) is 20.9. The van der Waals surface area contributed by atoms with Gasteiger partial charge in [0.2, 0.25) is 5.91 Å². The lowest BCUT2D eigenvalue weighted by Gasteiger charge is -2.22. The number of nitrogens with one attached hydrogen (secondary N) is 1. The third-order valence-corrected chi connectivity index (χ3v) is 4.44. The van der Waals surface area contributed by atoms with Gasteiger partial charge in [-0.3, -0.25) is 4.79 Å². The number of aliphatic imine (C=N–C) groups is 1. The van der Waals surface area contributed by atoms with Crippen LogP contribution in [0.4, 0.5) is 0 Å². The van der Waals surface area contributed by atoms with Crippen LogP contribution in [-0.2, 0) is 16.1 Å². The van der Waals surface area contributed by atoms with Gasteiger partial charge in [-0.05, 0) is 28.1 Å². The van der Waals surface area contributed by atoms with Crippen molar-refractivity contribution >= 4 is 63.1 Å². The van der Waals surface area contributed by atoms with Crippen molar-refractivity contribution in [2.45, 2.75) is 6.54 Å². The zero-order valence-corrected chi connectivity index (χ0v) is 18.6. The number of carbonyl (C=O) groups excluding carboxylic acids is 1. The van der Waals surface area contributed by atoms with Crippen molar-refractivity contribution in [3.63, 3.8) is 0 Å². The van der Waals surface area contributed by atoms with Crippen molar-refractivity contribution in [2.24, 2.45) is 4.99 Å². The van der Waals surface area contributed by atoms with Crippen molar-refractivity contribution in [3.8, 4) is 0 Å². The van der Waals surface area contributed by atoms with E-state index in [0.29, 0.717) is 19.1 Å². The molecule has 9 heteroatoms.